The topological polar surface area (TPSA) is 103 Å². The van der Waals surface area contributed by atoms with E-state index in [2.05, 4.69) is 10.6 Å². The van der Waals surface area contributed by atoms with Gasteiger partial charge in [-0.15, -0.1) is 0 Å². The molecule has 0 aromatic heterocycles. The van der Waals surface area contributed by atoms with Crippen molar-refractivity contribution >= 4 is 23.3 Å². The summed E-state index contributed by atoms with van der Waals surface area (Å²) >= 11 is 0. The number of ether oxygens (including phenoxy) is 2. The fraction of sp³-hybridized carbons (Fsp3) is 0.429. The average molecular weight is 295 g/mol. The van der Waals surface area contributed by atoms with Gasteiger partial charge < -0.3 is 25.8 Å². The van der Waals surface area contributed by atoms with E-state index < -0.39 is 12.1 Å². The Morgan fingerprint density at radius 1 is 1.14 bits per heavy atom. The highest BCUT2D eigenvalue weighted by Crippen LogP contribution is 2.13. The number of urea groups is 1. The van der Waals surface area contributed by atoms with Crippen LogP contribution in [0, 0.1) is 0 Å². The van der Waals surface area contributed by atoms with Crippen molar-refractivity contribution in [2.45, 2.75) is 20.0 Å². The number of benzene rings is 1. The monoisotopic (exact) mass is 295 g/mol. The minimum Gasteiger partial charge on any atom is -0.379 e. The molecule has 0 radical (unpaired) electrons. The second-order valence-corrected chi connectivity index (χ2v) is 4.27. The molecule has 0 bridgehead atoms. The van der Waals surface area contributed by atoms with Gasteiger partial charge in [-0.2, -0.15) is 0 Å². The van der Waals surface area contributed by atoms with Crippen LogP contribution in [0.15, 0.2) is 24.3 Å². The number of amides is 3. The van der Waals surface area contributed by atoms with E-state index in [9.17, 15) is 9.59 Å². The Morgan fingerprint density at radius 3 is 2.24 bits per heavy atom. The molecule has 0 unspecified atom stereocenters. The number of rotatable bonds is 8. The van der Waals surface area contributed by atoms with Crippen molar-refractivity contribution in [1.82, 2.24) is 0 Å². The zero-order chi connectivity index (χ0) is 15.7. The smallest absolute Gasteiger partial charge is 0.316 e. The van der Waals surface area contributed by atoms with Crippen molar-refractivity contribution in [3.63, 3.8) is 0 Å². The molecule has 0 aliphatic carbocycles. The molecule has 4 N–H and O–H groups in total. The van der Waals surface area contributed by atoms with Crippen molar-refractivity contribution in [3.05, 3.63) is 24.3 Å². The van der Waals surface area contributed by atoms with E-state index in [-0.39, 0.29) is 5.91 Å². The summed E-state index contributed by atoms with van der Waals surface area (Å²) in [6.45, 7) is 5.01. The van der Waals surface area contributed by atoms with Crippen molar-refractivity contribution in [2.75, 3.05) is 30.5 Å². The zero-order valence-corrected chi connectivity index (χ0v) is 12.2. The van der Waals surface area contributed by atoms with Gasteiger partial charge in [0.1, 0.15) is 6.10 Å². The summed E-state index contributed by atoms with van der Waals surface area (Å²) in [6.07, 6.45) is -0.575. The molecule has 7 nitrogen and oxygen atoms in total. The third-order valence-corrected chi connectivity index (χ3v) is 2.59. The van der Waals surface area contributed by atoms with E-state index >= 15 is 0 Å². The second-order valence-electron chi connectivity index (χ2n) is 4.27. The Balaban J connectivity index is 2.41. The maximum atomic E-state index is 11.9. The first-order valence-electron chi connectivity index (χ1n) is 6.69. The largest absolute Gasteiger partial charge is 0.379 e. The van der Waals surface area contributed by atoms with E-state index in [4.69, 9.17) is 15.2 Å². The number of hydrogen-bond acceptors (Lipinski definition) is 4. The third kappa shape index (κ3) is 6.73. The molecule has 7 heteroatoms. The number of carbonyl (C=O) groups is 2. The van der Waals surface area contributed by atoms with Gasteiger partial charge in [-0.1, -0.05) is 0 Å². The molecule has 0 aliphatic heterocycles. The van der Waals surface area contributed by atoms with Crippen LogP contribution >= 0.6 is 0 Å². The quantitative estimate of drug-likeness (QED) is 0.633. The molecule has 21 heavy (non-hydrogen) atoms. The molecule has 0 heterocycles. The Bertz CT molecular complexity index is 462. The fourth-order valence-electron chi connectivity index (χ4n) is 1.53. The van der Waals surface area contributed by atoms with Gasteiger partial charge in [0.2, 0.25) is 0 Å². The summed E-state index contributed by atoms with van der Waals surface area (Å²) in [4.78, 5) is 22.6. The van der Waals surface area contributed by atoms with Gasteiger partial charge in [0, 0.05) is 18.0 Å². The first kappa shape index (κ1) is 16.9. The number of anilines is 2. The molecule has 0 fully saturated rings. The van der Waals surface area contributed by atoms with Gasteiger partial charge >= 0.3 is 6.03 Å². The maximum Gasteiger partial charge on any atom is 0.316 e. The summed E-state index contributed by atoms with van der Waals surface area (Å²) in [5.74, 6) is -0.248. The fourth-order valence-corrected chi connectivity index (χ4v) is 1.53. The van der Waals surface area contributed by atoms with Crippen LogP contribution in [0.4, 0.5) is 16.2 Å². The molecule has 0 aliphatic rings. The van der Waals surface area contributed by atoms with E-state index in [0.29, 0.717) is 31.2 Å². The van der Waals surface area contributed by atoms with Crippen LogP contribution in [0.3, 0.4) is 0 Å². The molecule has 1 rings (SSSR count). The van der Waals surface area contributed by atoms with Gasteiger partial charge in [0.05, 0.1) is 13.2 Å². The molecule has 0 saturated heterocycles. The highest BCUT2D eigenvalue weighted by molar-refractivity contribution is 5.94. The van der Waals surface area contributed by atoms with Crippen LogP contribution in [-0.4, -0.2) is 37.9 Å². The first-order chi connectivity index (χ1) is 10.0. The SMILES string of the molecule is CCOCCO[C@H](C)C(=O)Nc1ccc(NC(N)=O)cc1. The summed E-state index contributed by atoms with van der Waals surface area (Å²) in [7, 11) is 0. The number of hydrogen-bond donors (Lipinski definition) is 3. The number of carbonyl (C=O) groups excluding carboxylic acids is 2. The standard InChI is InChI=1S/C14H21N3O4/c1-3-20-8-9-21-10(2)13(18)16-11-4-6-12(7-5-11)17-14(15)19/h4-7,10H,3,8-9H2,1-2H3,(H,16,18)(H3,15,17,19)/t10-/m1/s1. The molecule has 1 aromatic rings. The van der Waals surface area contributed by atoms with Gasteiger partial charge in [0.15, 0.2) is 0 Å². The van der Waals surface area contributed by atoms with Crippen LogP contribution in [0.25, 0.3) is 0 Å². The lowest BCUT2D eigenvalue weighted by Gasteiger charge is -2.13. The van der Waals surface area contributed by atoms with Crippen molar-refractivity contribution in [3.8, 4) is 0 Å². The minimum absolute atomic E-state index is 0.248. The summed E-state index contributed by atoms with van der Waals surface area (Å²) in [6, 6.07) is 5.97. The molecular weight excluding hydrogens is 274 g/mol. The summed E-state index contributed by atoms with van der Waals surface area (Å²) < 4.78 is 10.5. The van der Waals surface area contributed by atoms with Crippen LogP contribution in [0.1, 0.15) is 13.8 Å². The van der Waals surface area contributed by atoms with Crippen LogP contribution in [0.2, 0.25) is 0 Å². The van der Waals surface area contributed by atoms with Crippen LogP contribution in [0.5, 0.6) is 0 Å². The van der Waals surface area contributed by atoms with E-state index in [0.717, 1.165) is 0 Å². The van der Waals surface area contributed by atoms with Crippen molar-refractivity contribution in [1.29, 1.82) is 0 Å². The predicted octanol–water partition coefficient (Wildman–Crippen LogP) is 1.56. The van der Waals surface area contributed by atoms with Gasteiger partial charge in [-0.05, 0) is 38.1 Å². The lowest BCUT2D eigenvalue weighted by Crippen LogP contribution is -2.28. The third-order valence-electron chi connectivity index (χ3n) is 2.59. The van der Waals surface area contributed by atoms with Gasteiger partial charge in [-0.3, -0.25) is 4.79 Å². The van der Waals surface area contributed by atoms with E-state index in [1.165, 1.54) is 0 Å². The second kappa shape index (κ2) is 8.93. The molecular formula is C14H21N3O4. The average Bonchev–Trinajstić information content (AvgIpc) is 2.45. The highest BCUT2D eigenvalue weighted by atomic mass is 16.5. The van der Waals surface area contributed by atoms with Crippen LogP contribution in [-0.2, 0) is 14.3 Å². The first-order valence-corrected chi connectivity index (χ1v) is 6.69. The lowest BCUT2D eigenvalue weighted by atomic mass is 10.2. The minimum atomic E-state index is -0.636. The van der Waals surface area contributed by atoms with E-state index in [1.54, 1.807) is 31.2 Å². The lowest BCUT2D eigenvalue weighted by molar-refractivity contribution is -0.127. The molecule has 116 valence electrons. The Labute approximate surface area is 123 Å². The predicted molar refractivity (Wildman–Crippen MR) is 80.2 cm³/mol. The van der Waals surface area contributed by atoms with Crippen molar-refractivity contribution in [2.24, 2.45) is 5.73 Å². The van der Waals surface area contributed by atoms with Gasteiger partial charge in [0.25, 0.3) is 5.91 Å². The van der Waals surface area contributed by atoms with Crippen molar-refractivity contribution < 1.29 is 19.1 Å². The Morgan fingerprint density at radius 2 is 1.71 bits per heavy atom. The van der Waals surface area contributed by atoms with Crippen LogP contribution < -0.4 is 16.4 Å². The maximum absolute atomic E-state index is 11.9. The van der Waals surface area contributed by atoms with E-state index in [1.807, 2.05) is 6.92 Å². The molecule has 0 saturated carbocycles. The highest BCUT2D eigenvalue weighted by Gasteiger charge is 2.13. The zero-order valence-electron chi connectivity index (χ0n) is 12.2. The Hall–Kier alpha value is -2.12. The molecule has 1 aromatic carbocycles. The Kier molecular flexibility index (Phi) is 7.20. The molecule has 3 amide bonds. The number of nitrogens with one attached hydrogen (secondary N) is 2. The summed E-state index contributed by atoms with van der Waals surface area (Å²) in [5.41, 5.74) is 6.17. The number of primary amides is 1. The summed E-state index contributed by atoms with van der Waals surface area (Å²) in [5, 5.41) is 5.15. The van der Waals surface area contributed by atoms with Gasteiger partial charge in [-0.25, -0.2) is 4.79 Å². The number of nitrogens with two attached hydrogens (primary N) is 1. The molecule has 1 atom stereocenters. The normalized spacial score (nSPS) is 11.7. The molecule has 0 spiro atoms.